The molecule has 2 rings (SSSR count). The molecule has 0 unspecified atom stereocenters. The highest BCUT2D eigenvalue weighted by molar-refractivity contribution is 9.10. The van der Waals surface area contributed by atoms with E-state index < -0.39 is 6.10 Å². The number of rotatable bonds is 4. The molecule has 21 heavy (non-hydrogen) atoms. The van der Waals surface area contributed by atoms with E-state index in [1.807, 2.05) is 38.1 Å². The molecule has 0 saturated carbocycles. The van der Waals surface area contributed by atoms with Crippen molar-refractivity contribution >= 4 is 27.7 Å². The number of para-hydroxylation sites is 1. The molecule has 1 aliphatic rings. The van der Waals surface area contributed by atoms with Gasteiger partial charge in [0.2, 0.25) is 5.91 Å². The number of nitrogens with one attached hydrogen (secondary N) is 1. The van der Waals surface area contributed by atoms with Gasteiger partial charge in [0.05, 0.1) is 11.0 Å². The van der Waals surface area contributed by atoms with Crippen LogP contribution in [0.1, 0.15) is 13.8 Å². The average molecular weight is 355 g/mol. The number of hydrogen-bond acceptors (Lipinski definition) is 3. The van der Waals surface area contributed by atoms with Crippen molar-refractivity contribution in [1.82, 2.24) is 10.2 Å². The highest BCUT2D eigenvalue weighted by Gasteiger charge is 2.31. The maximum absolute atomic E-state index is 12.6. The Labute approximate surface area is 132 Å². The summed E-state index contributed by atoms with van der Waals surface area (Å²) >= 11 is 3.41. The zero-order valence-electron chi connectivity index (χ0n) is 12.1. The topological polar surface area (TPSA) is 58.6 Å². The number of benzene rings is 1. The van der Waals surface area contributed by atoms with Crippen molar-refractivity contribution in [2.24, 2.45) is 5.92 Å². The molecule has 0 radical (unpaired) electrons. The van der Waals surface area contributed by atoms with Crippen molar-refractivity contribution < 1.29 is 14.3 Å². The van der Waals surface area contributed by atoms with Crippen LogP contribution in [0.5, 0.6) is 5.75 Å². The van der Waals surface area contributed by atoms with E-state index >= 15 is 0 Å². The number of hydrogen-bond donors (Lipinski definition) is 1. The first-order valence-corrected chi connectivity index (χ1v) is 7.75. The first-order chi connectivity index (χ1) is 9.99. The standard InChI is InChI=1S/C15H19BrN2O3/c1-10(2)14(21-12-6-4-3-5-11(12)16)15(20)18-8-7-17-13(19)9-18/h3-6,10,14H,7-9H2,1-2H3,(H,17,19)/t14-/m0/s1. The lowest BCUT2D eigenvalue weighted by Crippen LogP contribution is -2.54. The molecule has 1 saturated heterocycles. The molecule has 1 atom stereocenters. The molecule has 1 fully saturated rings. The number of carbonyl (C=O) groups is 2. The van der Waals surface area contributed by atoms with Crippen LogP contribution in [0.15, 0.2) is 28.7 Å². The van der Waals surface area contributed by atoms with Crippen molar-refractivity contribution in [1.29, 1.82) is 0 Å². The van der Waals surface area contributed by atoms with E-state index in [1.54, 1.807) is 4.90 Å². The molecule has 0 bridgehead atoms. The quantitative estimate of drug-likeness (QED) is 0.896. The summed E-state index contributed by atoms with van der Waals surface area (Å²) in [6.07, 6.45) is -0.602. The molecule has 1 aliphatic heterocycles. The van der Waals surface area contributed by atoms with Crippen LogP contribution in [-0.2, 0) is 9.59 Å². The number of carbonyl (C=O) groups excluding carboxylic acids is 2. The van der Waals surface area contributed by atoms with Gasteiger partial charge in [0.25, 0.3) is 5.91 Å². The number of piperazine rings is 1. The minimum atomic E-state index is -0.602. The van der Waals surface area contributed by atoms with Gasteiger partial charge >= 0.3 is 0 Å². The molecule has 1 aromatic carbocycles. The normalized spacial score (nSPS) is 16.6. The van der Waals surface area contributed by atoms with Crippen molar-refractivity contribution in [2.75, 3.05) is 19.6 Å². The fourth-order valence-corrected chi connectivity index (χ4v) is 2.53. The summed E-state index contributed by atoms with van der Waals surface area (Å²) in [5, 5.41) is 2.71. The highest BCUT2D eigenvalue weighted by atomic mass is 79.9. The molecule has 1 N–H and O–H groups in total. The summed E-state index contributed by atoms with van der Waals surface area (Å²) < 4.78 is 6.69. The van der Waals surface area contributed by atoms with Gasteiger partial charge < -0.3 is 15.0 Å². The third-order valence-electron chi connectivity index (χ3n) is 3.29. The zero-order valence-corrected chi connectivity index (χ0v) is 13.7. The van der Waals surface area contributed by atoms with Crippen molar-refractivity contribution in [3.8, 4) is 5.75 Å². The first-order valence-electron chi connectivity index (χ1n) is 6.95. The molecular weight excluding hydrogens is 336 g/mol. The zero-order chi connectivity index (χ0) is 15.4. The predicted molar refractivity (Wildman–Crippen MR) is 83.0 cm³/mol. The van der Waals surface area contributed by atoms with Gasteiger partial charge in [-0.1, -0.05) is 26.0 Å². The number of amides is 2. The molecule has 114 valence electrons. The van der Waals surface area contributed by atoms with Crippen LogP contribution in [0.3, 0.4) is 0 Å². The van der Waals surface area contributed by atoms with Crippen LogP contribution in [0.25, 0.3) is 0 Å². The van der Waals surface area contributed by atoms with Gasteiger partial charge in [0.1, 0.15) is 5.75 Å². The van der Waals surface area contributed by atoms with Gasteiger partial charge in [-0.3, -0.25) is 9.59 Å². The predicted octanol–water partition coefficient (Wildman–Crippen LogP) is 1.81. The average Bonchev–Trinajstić information content (AvgIpc) is 2.45. The monoisotopic (exact) mass is 354 g/mol. The highest BCUT2D eigenvalue weighted by Crippen LogP contribution is 2.26. The Morgan fingerprint density at radius 2 is 2.10 bits per heavy atom. The second-order valence-electron chi connectivity index (χ2n) is 5.32. The van der Waals surface area contributed by atoms with E-state index in [4.69, 9.17) is 4.74 Å². The van der Waals surface area contributed by atoms with Gasteiger partial charge in [-0.15, -0.1) is 0 Å². The Morgan fingerprint density at radius 1 is 1.38 bits per heavy atom. The lowest BCUT2D eigenvalue weighted by atomic mass is 10.1. The maximum Gasteiger partial charge on any atom is 0.264 e. The van der Waals surface area contributed by atoms with Gasteiger partial charge in [-0.05, 0) is 34.0 Å². The van der Waals surface area contributed by atoms with Crippen molar-refractivity contribution in [3.63, 3.8) is 0 Å². The second-order valence-corrected chi connectivity index (χ2v) is 6.18. The van der Waals surface area contributed by atoms with Crippen LogP contribution in [0.2, 0.25) is 0 Å². The molecule has 2 amide bonds. The lowest BCUT2D eigenvalue weighted by molar-refractivity contribution is -0.145. The van der Waals surface area contributed by atoms with Crippen LogP contribution in [-0.4, -0.2) is 42.5 Å². The van der Waals surface area contributed by atoms with Crippen LogP contribution >= 0.6 is 15.9 Å². The molecule has 0 aromatic heterocycles. The summed E-state index contributed by atoms with van der Waals surface area (Å²) in [6, 6.07) is 7.43. The van der Waals surface area contributed by atoms with Gasteiger partial charge in [-0.2, -0.15) is 0 Å². The van der Waals surface area contributed by atoms with Crippen molar-refractivity contribution in [3.05, 3.63) is 28.7 Å². The summed E-state index contributed by atoms with van der Waals surface area (Å²) in [6.45, 7) is 4.98. The Bertz CT molecular complexity index is 533. The van der Waals surface area contributed by atoms with Crippen molar-refractivity contribution in [2.45, 2.75) is 20.0 Å². The molecule has 0 aliphatic carbocycles. The Hall–Kier alpha value is -1.56. The Balaban J connectivity index is 2.13. The summed E-state index contributed by atoms with van der Waals surface area (Å²) in [4.78, 5) is 25.6. The lowest BCUT2D eigenvalue weighted by Gasteiger charge is -2.31. The summed E-state index contributed by atoms with van der Waals surface area (Å²) in [7, 11) is 0. The Morgan fingerprint density at radius 3 is 2.71 bits per heavy atom. The van der Waals surface area contributed by atoms with E-state index in [0.29, 0.717) is 18.8 Å². The third kappa shape index (κ3) is 3.97. The van der Waals surface area contributed by atoms with Crippen LogP contribution < -0.4 is 10.1 Å². The van der Waals surface area contributed by atoms with E-state index in [2.05, 4.69) is 21.2 Å². The SMILES string of the molecule is CC(C)[C@H](Oc1ccccc1Br)C(=O)N1CCNC(=O)C1. The third-order valence-corrected chi connectivity index (χ3v) is 3.94. The Kier molecular flexibility index (Phi) is 5.22. The summed E-state index contributed by atoms with van der Waals surface area (Å²) in [5.41, 5.74) is 0. The van der Waals surface area contributed by atoms with E-state index in [1.165, 1.54) is 0 Å². The minimum absolute atomic E-state index is 0.00888. The van der Waals surface area contributed by atoms with Crippen LogP contribution in [0, 0.1) is 5.92 Å². The smallest absolute Gasteiger partial charge is 0.264 e. The maximum atomic E-state index is 12.6. The first kappa shape index (κ1) is 15.8. The fourth-order valence-electron chi connectivity index (χ4n) is 2.16. The van der Waals surface area contributed by atoms with E-state index in [9.17, 15) is 9.59 Å². The molecular formula is C15H19BrN2O3. The van der Waals surface area contributed by atoms with Gasteiger partial charge in [0, 0.05) is 13.1 Å². The van der Waals surface area contributed by atoms with E-state index in [0.717, 1.165) is 4.47 Å². The van der Waals surface area contributed by atoms with Gasteiger partial charge in [0.15, 0.2) is 6.10 Å². The fraction of sp³-hybridized carbons (Fsp3) is 0.467. The minimum Gasteiger partial charge on any atom is -0.479 e. The molecule has 0 spiro atoms. The number of ether oxygens (including phenoxy) is 1. The molecule has 1 heterocycles. The van der Waals surface area contributed by atoms with Crippen LogP contribution in [0.4, 0.5) is 0 Å². The molecule has 6 heteroatoms. The van der Waals surface area contributed by atoms with E-state index in [-0.39, 0.29) is 24.3 Å². The second kappa shape index (κ2) is 6.93. The molecule has 1 aromatic rings. The van der Waals surface area contributed by atoms with Gasteiger partial charge in [-0.25, -0.2) is 0 Å². The number of halogens is 1. The number of nitrogens with zero attached hydrogens (tertiary/aromatic N) is 1. The summed E-state index contributed by atoms with van der Waals surface area (Å²) in [5.74, 6) is 0.370. The molecule has 5 nitrogen and oxygen atoms in total. The largest absolute Gasteiger partial charge is 0.479 e.